The first-order chi connectivity index (χ1) is 2.77. The Morgan fingerprint density at radius 1 is 1.86 bits per heavy atom. The monoisotopic (exact) mass is 176 g/mol. The van der Waals surface area contributed by atoms with Crippen molar-refractivity contribution in [3.8, 4) is 0 Å². The van der Waals surface area contributed by atoms with Gasteiger partial charge in [-0.1, -0.05) is 0 Å². The predicted molar refractivity (Wildman–Crippen MR) is 31.6 cm³/mol. The second-order valence-corrected chi connectivity index (χ2v) is 1.68. The molecule has 0 N–H and O–H groups in total. The summed E-state index contributed by atoms with van der Waals surface area (Å²) in [6, 6.07) is 0. The molecule has 0 bridgehead atoms. The van der Waals surface area contributed by atoms with E-state index in [2.05, 4.69) is 29.6 Å². The van der Waals surface area contributed by atoms with Gasteiger partial charge < -0.3 is 29.6 Å². The third kappa shape index (κ3) is 10.8. The Bertz CT molecular complexity index is 56.9. The summed E-state index contributed by atoms with van der Waals surface area (Å²) in [6.07, 6.45) is 0. The fourth-order valence-electron chi connectivity index (χ4n) is 0.118. The molecule has 0 heterocycles. The number of rotatable bonds is 1. The molecule has 1 radical (unpaired) electrons. The topological polar surface area (TPSA) is 9.23 Å². The molecule has 0 saturated carbocycles. The Hall–Kier alpha value is 0.629. The van der Waals surface area contributed by atoms with Gasteiger partial charge in [0.25, 0.3) is 0 Å². The van der Waals surface area contributed by atoms with Gasteiger partial charge in [0.1, 0.15) is 0 Å². The van der Waals surface area contributed by atoms with Crippen LogP contribution in [0.2, 0.25) is 0 Å². The Labute approximate surface area is 64.7 Å². The normalized spacial score (nSPS) is 6.43. The molecule has 0 atom stereocenters. The molecule has 0 aliphatic rings. The molecule has 0 saturated heterocycles. The van der Waals surface area contributed by atoms with Gasteiger partial charge in [-0.3, -0.25) is 0 Å². The van der Waals surface area contributed by atoms with Crippen molar-refractivity contribution in [2.45, 2.75) is 6.92 Å². The van der Waals surface area contributed by atoms with Crippen LogP contribution in [0.4, 0.5) is 0 Å². The minimum Gasteiger partial charge on any atom is -0.514 e. The van der Waals surface area contributed by atoms with Crippen LogP contribution in [0.15, 0.2) is 0 Å². The Balaban J connectivity index is 0. The van der Waals surface area contributed by atoms with Crippen LogP contribution >= 0.6 is 12.2 Å². The zero-order chi connectivity index (χ0) is 4.99. The smallest absolute Gasteiger partial charge is 0.0830 e. The molecular formula is C3H5MnOS2-. The largest absolute Gasteiger partial charge is 0.514 e. The molecule has 7 heavy (non-hydrogen) atoms. The van der Waals surface area contributed by atoms with E-state index < -0.39 is 0 Å². The second kappa shape index (κ2) is 6.63. The van der Waals surface area contributed by atoms with Crippen molar-refractivity contribution >= 4 is 29.2 Å². The molecule has 0 spiro atoms. The van der Waals surface area contributed by atoms with Crippen LogP contribution in [0.25, 0.3) is 0 Å². The maximum absolute atomic E-state index is 4.59. The summed E-state index contributed by atoms with van der Waals surface area (Å²) < 4.78 is 4.79. The molecule has 0 aromatic carbocycles. The Kier molecular flexibility index (Phi) is 10.0. The van der Waals surface area contributed by atoms with Gasteiger partial charge in [-0.05, 0) is 6.92 Å². The summed E-state index contributed by atoms with van der Waals surface area (Å²) in [5, 5.41) is 0. The van der Waals surface area contributed by atoms with Crippen LogP contribution in [0, 0.1) is 0 Å². The third-order valence-electron chi connectivity index (χ3n) is 0.262. The van der Waals surface area contributed by atoms with E-state index in [-0.39, 0.29) is 21.5 Å². The first kappa shape index (κ1) is 10.6. The van der Waals surface area contributed by atoms with E-state index in [4.69, 9.17) is 0 Å². The van der Waals surface area contributed by atoms with E-state index in [1.54, 1.807) is 0 Å². The molecule has 0 aromatic rings. The van der Waals surface area contributed by atoms with Gasteiger partial charge in [0.15, 0.2) is 0 Å². The predicted octanol–water partition coefficient (Wildman–Crippen LogP) is 0.852. The van der Waals surface area contributed by atoms with E-state index in [9.17, 15) is 0 Å². The summed E-state index contributed by atoms with van der Waals surface area (Å²) in [5.41, 5.74) is 0. The standard InChI is InChI=1S/C3H6OS2.Mn/c1-2-4-3(5)6;/h2H2,1H3,(H,5,6);/p-1. The molecular weight excluding hydrogens is 171 g/mol. The van der Waals surface area contributed by atoms with Crippen LogP contribution in [0.1, 0.15) is 6.92 Å². The summed E-state index contributed by atoms with van der Waals surface area (Å²) >= 11 is 8.77. The maximum atomic E-state index is 4.59. The van der Waals surface area contributed by atoms with Gasteiger partial charge >= 0.3 is 0 Å². The molecule has 1 nitrogen and oxygen atoms in total. The van der Waals surface area contributed by atoms with E-state index in [0.29, 0.717) is 6.61 Å². The van der Waals surface area contributed by atoms with Crippen molar-refractivity contribution in [1.29, 1.82) is 0 Å². The van der Waals surface area contributed by atoms with Crippen LogP contribution in [0.5, 0.6) is 0 Å². The van der Waals surface area contributed by atoms with Gasteiger partial charge in [-0.25, -0.2) is 0 Å². The summed E-state index contributed by atoms with van der Waals surface area (Å²) in [4.78, 5) is 0. The number of hydrogen-bond acceptors (Lipinski definition) is 3. The van der Waals surface area contributed by atoms with E-state index in [1.807, 2.05) is 6.92 Å². The van der Waals surface area contributed by atoms with Crippen LogP contribution < -0.4 is 0 Å². The van der Waals surface area contributed by atoms with Crippen molar-refractivity contribution in [2.24, 2.45) is 0 Å². The molecule has 0 rings (SSSR count). The number of ether oxygens (including phenoxy) is 1. The van der Waals surface area contributed by atoms with Gasteiger partial charge in [0, 0.05) is 21.5 Å². The minimum atomic E-state index is 0. The number of hydrogen-bond donors (Lipinski definition) is 0. The van der Waals surface area contributed by atoms with Crippen LogP contribution in [0.3, 0.4) is 0 Å². The quantitative estimate of drug-likeness (QED) is 0.333. The van der Waals surface area contributed by atoms with E-state index in [0.717, 1.165) is 0 Å². The first-order valence-electron chi connectivity index (χ1n) is 1.61. The van der Waals surface area contributed by atoms with Crippen molar-refractivity contribution in [3.05, 3.63) is 0 Å². The van der Waals surface area contributed by atoms with Crippen molar-refractivity contribution in [1.82, 2.24) is 0 Å². The van der Waals surface area contributed by atoms with Gasteiger partial charge in [0.05, 0.1) is 6.61 Å². The van der Waals surface area contributed by atoms with E-state index in [1.165, 1.54) is 0 Å². The molecule has 0 unspecified atom stereocenters. The fraction of sp³-hybridized carbons (Fsp3) is 0.667. The average molecular weight is 176 g/mol. The first-order valence-corrected chi connectivity index (χ1v) is 2.42. The van der Waals surface area contributed by atoms with E-state index >= 15 is 0 Å². The minimum absolute atomic E-state index is 0. The number of thiocarbonyl (C=S) groups is 1. The molecule has 0 fully saturated rings. The van der Waals surface area contributed by atoms with Crippen LogP contribution in [-0.2, 0) is 34.4 Å². The molecule has 0 amide bonds. The Morgan fingerprint density at radius 2 is 2.29 bits per heavy atom. The average Bonchev–Trinajstić information content (AvgIpc) is 1.35. The molecule has 0 aliphatic heterocycles. The summed E-state index contributed by atoms with van der Waals surface area (Å²) in [5.74, 6) is 0. The van der Waals surface area contributed by atoms with Gasteiger partial charge in [0.2, 0.25) is 0 Å². The van der Waals surface area contributed by atoms with Crippen molar-refractivity contribution < 1.29 is 21.8 Å². The maximum Gasteiger partial charge on any atom is 0.0830 e. The van der Waals surface area contributed by atoms with Crippen molar-refractivity contribution in [2.75, 3.05) is 6.61 Å². The zero-order valence-electron chi connectivity index (χ0n) is 3.81. The van der Waals surface area contributed by atoms with Gasteiger partial charge in [-0.2, -0.15) is 0 Å². The summed E-state index contributed by atoms with van der Waals surface area (Å²) in [7, 11) is 0. The molecule has 4 heteroatoms. The van der Waals surface area contributed by atoms with Gasteiger partial charge in [-0.15, -0.1) is 0 Å². The third-order valence-corrected chi connectivity index (χ3v) is 0.498. The molecule has 0 aliphatic carbocycles. The van der Waals surface area contributed by atoms with Crippen molar-refractivity contribution in [3.63, 3.8) is 0 Å². The second-order valence-electron chi connectivity index (χ2n) is 0.683. The SMILES string of the molecule is CCOC(=S)[S-].[Mn]. The molecule has 43 valence electrons. The molecule has 0 aromatic heterocycles. The zero-order valence-corrected chi connectivity index (χ0v) is 6.62. The van der Waals surface area contributed by atoms with Crippen LogP contribution in [-0.4, -0.2) is 11.0 Å². The fourth-order valence-corrected chi connectivity index (χ4v) is 0.354. The Morgan fingerprint density at radius 3 is 2.29 bits per heavy atom. The summed E-state index contributed by atoms with van der Waals surface area (Å²) in [6.45, 7) is 2.43.